The number of primary amides is 1. The first kappa shape index (κ1) is 19.2. The predicted molar refractivity (Wildman–Crippen MR) is 105 cm³/mol. The van der Waals surface area contributed by atoms with Gasteiger partial charge in [-0.15, -0.1) is 0 Å². The van der Waals surface area contributed by atoms with Gasteiger partial charge in [-0.1, -0.05) is 24.8 Å². The quantitative estimate of drug-likeness (QED) is 0.746. The van der Waals surface area contributed by atoms with Gasteiger partial charge in [-0.05, 0) is 34.9 Å². The van der Waals surface area contributed by atoms with E-state index in [0.717, 1.165) is 16.7 Å². The molecule has 0 spiro atoms. The van der Waals surface area contributed by atoms with Crippen LogP contribution in [-0.4, -0.2) is 43.3 Å². The predicted octanol–water partition coefficient (Wildman–Crippen LogP) is 1.72. The van der Waals surface area contributed by atoms with Crippen LogP contribution >= 0.6 is 0 Å². The average molecular weight is 379 g/mol. The zero-order chi connectivity index (χ0) is 20.4. The molecule has 1 aliphatic heterocycles. The van der Waals surface area contributed by atoms with Gasteiger partial charge >= 0.3 is 0 Å². The maximum absolute atomic E-state index is 12.9. The van der Waals surface area contributed by atoms with Crippen molar-refractivity contribution in [3.8, 4) is 16.9 Å². The fraction of sp³-hybridized carbons (Fsp3) is 0.190. The average Bonchev–Trinajstić information content (AvgIpc) is 3.03. The molecule has 0 radical (unpaired) electrons. The van der Waals surface area contributed by atoms with Crippen LogP contribution in [0.5, 0.6) is 5.75 Å². The van der Waals surface area contributed by atoms with Crippen LogP contribution in [-0.2, 0) is 11.3 Å². The first-order chi connectivity index (χ1) is 13.4. The van der Waals surface area contributed by atoms with Gasteiger partial charge in [-0.3, -0.25) is 14.4 Å². The van der Waals surface area contributed by atoms with Crippen LogP contribution in [0.4, 0.5) is 0 Å². The number of benzene rings is 2. The normalized spacial score (nSPS) is 12.5. The second kappa shape index (κ2) is 7.56. The van der Waals surface area contributed by atoms with Crippen molar-refractivity contribution < 1.29 is 19.1 Å². The van der Waals surface area contributed by atoms with Gasteiger partial charge < -0.3 is 20.7 Å². The van der Waals surface area contributed by atoms with E-state index in [2.05, 4.69) is 11.9 Å². The van der Waals surface area contributed by atoms with Gasteiger partial charge in [0.2, 0.25) is 5.91 Å². The third-order valence-corrected chi connectivity index (χ3v) is 4.74. The number of hydrogen-bond acceptors (Lipinski definition) is 4. The Labute approximate surface area is 162 Å². The lowest BCUT2D eigenvalue weighted by Crippen LogP contribution is -2.30. The van der Waals surface area contributed by atoms with Crippen molar-refractivity contribution in [1.82, 2.24) is 10.2 Å². The maximum atomic E-state index is 12.9. The molecule has 0 unspecified atom stereocenters. The summed E-state index contributed by atoms with van der Waals surface area (Å²) in [6, 6.07) is 10.8. The number of carbonyl (C=O) groups excluding carboxylic acids is 3. The Balaban J connectivity index is 2.07. The Morgan fingerprint density at radius 1 is 1.29 bits per heavy atom. The summed E-state index contributed by atoms with van der Waals surface area (Å²) in [5.74, 6) is -0.631. The molecule has 7 nitrogen and oxygen atoms in total. The molecule has 0 fully saturated rings. The van der Waals surface area contributed by atoms with E-state index in [4.69, 9.17) is 10.5 Å². The summed E-state index contributed by atoms with van der Waals surface area (Å²) in [5, 5.41) is 2.60. The minimum absolute atomic E-state index is 0.0454. The summed E-state index contributed by atoms with van der Waals surface area (Å²) in [4.78, 5) is 37.7. The summed E-state index contributed by atoms with van der Waals surface area (Å²) in [5.41, 5.74) is 8.79. The number of hydrogen-bond donors (Lipinski definition) is 2. The van der Waals surface area contributed by atoms with Crippen molar-refractivity contribution in [3.63, 3.8) is 0 Å². The zero-order valence-electron chi connectivity index (χ0n) is 15.7. The first-order valence-corrected chi connectivity index (χ1v) is 8.66. The SMILES string of the molecule is C=C(CN1Cc2c(-c3cccc(C(=O)NC)c3)ccc(OC)c2C1=O)C(N)=O. The number of rotatable bonds is 6. The largest absolute Gasteiger partial charge is 0.496 e. The van der Waals surface area contributed by atoms with Crippen molar-refractivity contribution in [3.05, 3.63) is 65.2 Å². The molecule has 1 heterocycles. The zero-order valence-corrected chi connectivity index (χ0v) is 15.7. The Morgan fingerprint density at radius 3 is 2.68 bits per heavy atom. The number of ether oxygens (including phenoxy) is 1. The van der Waals surface area contributed by atoms with E-state index >= 15 is 0 Å². The number of methoxy groups -OCH3 is 1. The molecule has 3 rings (SSSR count). The molecule has 7 heteroatoms. The van der Waals surface area contributed by atoms with Crippen molar-refractivity contribution in [2.75, 3.05) is 20.7 Å². The highest BCUT2D eigenvalue weighted by atomic mass is 16.5. The van der Waals surface area contributed by atoms with Gasteiger partial charge in [-0.2, -0.15) is 0 Å². The summed E-state index contributed by atoms with van der Waals surface area (Å²) < 4.78 is 5.37. The van der Waals surface area contributed by atoms with Crippen LogP contribution < -0.4 is 15.8 Å². The van der Waals surface area contributed by atoms with E-state index in [0.29, 0.717) is 16.9 Å². The smallest absolute Gasteiger partial charge is 0.258 e. The molecule has 0 aliphatic carbocycles. The maximum Gasteiger partial charge on any atom is 0.258 e. The molecule has 3 amide bonds. The highest BCUT2D eigenvalue weighted by molar-refractivity contribution is 6.04. The van der Waals surface area contributed by atoms with Crippen molar-refractivity contribution in [2.45, 2.75) is 6.54 Å². The lowest BCUT2D eigenvalue weighted by atomic mass is 9.95. The third-order valence-electron chi connectivity index (χ3n) is 4.74. The van der Waals surface area contributed by atoms with Gasteiger partial charge in [0.05, 0.1) is 19.2 Å². The van der Waals surface area contributed by atoms with Crippen LogP contribution in [0.1, 0.15) is 26.3 Å². The standard InChI is InChI=1S/C21H21N3O4/c1-12(19(22)25)10-24-11-16-15(7-8-17(28-3)18(16)21(24)27)13-5-4-6-14(9-13)20(26)23-2/h4-9H,1,10-11H2,2-3H3,(H2,22,25)(H,23,26). The monoisotopic (exact) mass is 379 g/mol. The van der Waals surface area contributed by atoms with Gasteiger partial charge in [-0.25, -0.2) is 0 Å². The molecule has 0 aromatic heterocycles. The minimum atomic E-state index is -0.644. The molecular weight excluding hydrogens is 358 g/mol. The topological polar surface area (TPSA) is 102 Å². The van der Waals surface area contributed by atoms with E-state index in [-0.39, 0.29) is 30.5 Å². The lowest BCUT2D eigenvalue weighted by Gasteiger charge is -2.15. The summed E-state index contributed by atoms with van der Waals surface area (Å²) >= 11 is 0. The molecule has 3 N–H and O–H groups in total. The number of amides is 3. The Kier molecular flexibility index (Phi) is 5.17. The van der Waals surface area contributed by atoms with E-state index in [1.165, 1.54) is 12.0 Å². The van der Waals surface area contributed by atoms with Crippen LogP contribution in [0.15, 0.2) is 48.6 Å². The third kappa shape index (κ3) is 3.34. The number of fused-ring (bicyclic) bond motifs is 1. The Hall–Kier alpha value is -3.61. The van der Waals surface area contributed by atoms with Crippen LogP contribution in [0.3, 0.4) is 0 Å². The highest BCUT2D eigenvalue weighted by Crippen LogP contribution is 2.38. The summed E-state index contributed by atoms with van der Waals surface area (Å²) in [7, 11) is 3.07. The van der Waals surface area contributed by atoms with Crippen molar-refractivity contribution in [1.29, 1.82) is 0 Å². The van der Waals surface area contributed by atoms with E-state index in [9.17, 15) is 14.4 Å². The van der Waals surface area contributed by atoms with Crippen LogP contribution in [0.25, 0.3) is 11.1 Å². The molecule has 2 aromatic carbocycles. The number of carbonyl (C=O) groups is 3. The molecule has 0 saturated heterocycles. The minimum Gasteiger partial charge on any atom is -0.496 e. The van der Waals surface area contributed by atoms with Gasteiger partial charge in [0, 0.05) is 24.7 Å². The first-order valence-electron chi connectivity index (χ1n) is 8.66. The molecule has 0 saturated carbocycles. The number of nitrogens with one attached hydrogen (secondary N) is 1. The fourth-order valence-corrected chi connectivity index (χ4v) is 3.29. The van der Waals surface area contributed by atoms with E-state index < -0.39 is 5.91 Å². The molecule has 2 aromatic rings. The summed E-state index contributed by atoms with van der Waals surface area (Å²) in [6.07, 6.45) is 0. The molecule has 1 aliphatic rings. The van der Waals surface area contributed by atoms with Gasteiger partial charge in [0.25, 0.3) is 11.8 Å². The molecule has 0 bridgehead atoms. The molecule has 28 heavy (non-hydrogen) atoms. The second-order valence-electron chi connectivity index (χ2n) is 6.46. The lowest BCUT2D eigenvalue weighted by molar-refractivity contribution is -0.114. The highest BCUT2D eigenvalue weighted by Gasteiger charge is 2.33. The number of nitrogens with zero attached hydrogens (tertiary/aromatic N) is 1. The van der Waals surface area contributed by atoms with Crippen LogP contribution in [0.2, 0.25) is 0 Å². The fourth-order valence-electron chi connectivity index (χ4n) is 3.29. The van der Waals surface area contributed by atoms with E-state index in [1.54, 1.807) is 31.3 Å². The van der Waals surface area contributed by atoms with Crippen molar-refractivity contribution in [2.24, 2.45) is 5.73 Å². The summed E-state index contributed by atoms with van der Waals surface area (Å²) in [6.45, 7) is 3.97. The second-order valence-corrected chi connectivity index (χ2v) is 6.46. The van der Waals surface area contributed by atoms with E-state index in [1.807, 2.05) is 12.1 Å². The number of nitrogens with two attached hydrogens (primary N) is 1. The molecule has 144 valence electrons. The molecule has 0 atom stereocenters. The van der Waals surface area contributed by atoms with Gasteiger partial charge in [0.1, 0.15) is 5.75 Å². The van der Waals surface area contributed by atoms with Crippen molar-refractivity contribution >= 4 is 17.7 Å². The Morgan fingerprint density at radius 2 is 2.04 bits per heavy atom. The Bertz CT molecular complexity index is 997. The van der Waals surface area contributed by atoms with Gasteiger partial charge in [0.15, 0.2) is 0 Å². The molecular formula is C21H21N3O4. The van der Waals surface area contributed by atoms with Crippen LogP contribution in [0, 0.1) is 0 Å².